The van der Waals surface area contributed by atoms with Gasteiger partial charge in [-0.3, -0.25) is 9.98 Å². The highest BCUT2D eigenvalue weighted by Gasteiger charge is 2.09. The highest BCUT2D eigenvalue weighted by Crippen LogP contribution is 2.14. The minimum Gasteiger partial charge on any atom is -0.368 e. The molecule has 0 aliphatic carbocycles. The van der Waals surface area contributed by atoms with Gasteiger partial charge in [0.2, 0.25) is 0 Å². The first-order chi connectivity index (χ1) is 12.8. The second-order valence-corrected chi connectivity index (χ2v) is 6.46. The Labute approximate surface area is 157 Å². The summed E-state index contributed by atoms with van der Waals surface area (Å²) in [6, 6.07) is 16.1. The van der Waals surface area contributed by atoms with Gasteiger partial charge in [0, 0.05) is 35.6 Å². The van der Waals surface area contributed by atoms with Crippen LogP contribution in [0.4, 0.5) is 11.4 Å². The molecule has 0 saturated carbocycles. The molecule has 0 radical (unpaired) electrons. The molecule has 2 aromatic carbocycles. The summed E-state index contributed by atoms with van der Waals surface area (Å²) >= 11 is 5.40. The number of nitrogens with one attached hydrogen (secondary N) is 4. The lowest BCUT2D eigenvalue weighted by Crippen LogP contribution is -2.21. The van der Waals surface area contributed by atoms with Crippen molar-refractivity contribution in [1.29, 1.82) is 0 Å². The average molecular weight is 364 g/mol. The fraction of sp³-hybridized carbons (Fsp3) is 0.211. The Morgan fingerprint density at radius 1 is 0.731 bits per heavy atom. The van der Waals surface area contributed by atoms with E-state index < -0.39 is 0 Å². The summed E-state index contributed by atoms with van der Waals surface area (Å²) in [5.41, 5.74) is 4.05. The molecular weight excluding hydrogens is 344 g/mol. The van der Waals surface area contributed by atoms with Crippen LogP contribution < -0.4 is 21.3 Å². The maximum atomic E-state index is 5.40. The Morgan fingerprint density at radius 2 is 1.15 bits per heavy atom. The Hall–Kier alpha value is -2.93. The van der Waals surface area contributed by atoms with E-state index in [-0.39, 0.29) is 0 Å². The molecular formula is C19H20N6S. The van der Waals surface area contributed by atoms with Gasteiger partial charge in [0.15, 0.2) is 5.11 Å². The van der Waals surface area contributed by atoms with E-state index in [0.717, 1.165) is 60.4 Å². The number of rotatable bonds is 4. The minimum absolute atomic E-state index is 0.554. The van der Waals surface area contributed by atoms with Crippen molar-refractivity contribution in [2.45, 2.75) is 0 Å². The lowest BCUT2D eigenvalue weighted by atomic mass is 10.2. The Balaban J connectivity index is 1.34. The summed E-state index contributed by atoms with van der Waals surface area (Å²) in [5, 5.41) is 13.5. The molecule has 0 fully saturated rings. The molecule has 0 atom stereocenters. The molecule has 0 aromatic heterocycles. The molecule has 2 heterocycles. The standard InChI is InChI=1S/C19H20N6S/c26-19(24-15-5-1-13(2-6-15)17-20-9-10-21-17)25-16-7-3-14(4-8-16)18-22-11-12-23-18/h1-8H,9-12H2,(H,20,21)(H,22,23)(H2,24,25,26). The zero-order valence-electron chi connectivity index (χ0n) is 14.2. The van der Waals surface area contributed by atoms with Gasteiger partial charge in [0.1, 0.15) is 11.7 Å². The van der Waals surface area contributed by atoms with E-state index >= 15 is 0 Å². The fourth-order valence-corrected chi connectivity index (χ4v) is 3.13. The van der Waals surface area contributed by atoms with Gasteiger partial charge in [0.25, 0.3) is 0 Å². The molecule has 0 spiro atoms. The lowest BCUT2D eigenvalue weighted by molar-refractivity contribution is 0.960. The Morgan fingerprint density at radius 3 is 1.50 bits per heavy atom. The molecule has 0 bridgehead atoms. The molecule has 0 saturated heterocycles. The number of hydrogen-bond acceptors (Lipinski definition) is 5. The molecule has 6 nitrogen and oxygen atoms in total. The van der Waals surface area contributed by atoms with Crippen LogP contribution in [-0.4, -0.2) is 43.0 Å². The number of amidine groups is 2. The third kappa shape index (κ3) is 3.83. The van der Waals surface area contributed by atoms with Crippen LogP contribution in [0.15, 0.2) is 58.5 Å². The van der Waals surface area contributed by atoms with Gasteiger partial charge in [-0.25, -0.2) is 0 Å². The summed E-state index contributed by atoms with van der Waals surface area (Å²) in [4.78, 5) is 8.84. The molecule has 4 rings (SSSR count). The van der Waals surface area contributed by atoms with Crippen molar-refractivity contribution in [3.8, 4) is 0 Å². The zero-order valence-corrected chi connectivity index (χ0v) is 15.1. The van der Waals surface area contributed by atoms with E-state index in [9.17, 15) is 0 Å². The maximum Gasteiger partial charge on any atom is 0.175 e. The van der Waals surface area contributed by atoms with Crippen LogP contribution in [0.2, 0.25) is 0 Å². The van der Waals surface area contributed by atoms with Crippen molar-refractivity contribution >= 4 is 40.4 Å². The maximum absolute atomic E-state index is 5.40. The molecule has 0 amide bonds. The highest BCUT2D eigenvalue weighted by molar-refractivity contribution is 7.80. The molecule has 2 aliphatic rings. The van der Waals surface area contributed by atoms with Crippen LogP contribution in [0, 0.1) is 0 Å². The third-order valence-electron chi connectivity index (χ3n) is 4.18. The second-order valence-electron chi connectivity index (χ2n) is 6.05. The van der Waals surface area contributed by atoms with Gasteiger partial charge >= 0.3 is 0 Å². The second kappa shape index (κ2) is 7.53. The summed E-state index contributed by atoms with van der Waals surface area (Å²) in [7, 11) is 0. The molecule has 26 heavy (non-hydrogen) atoms. The summed E-state index contributed by atoms with van der Waals surface area (Å²) in [6.45, 7) is 3.49. The van der Waals surface area contributed by atoms with Crippen molar-refractivity contribution < 1.29 is 0 Å². The molecule has 7 heteroatoms. The number of anilines is 2. The van der Waals surface area contributed by atoms with Gasteiger partial charge in [0.05, 0.1) is 13.1 Å². The highest BCUT2D eigenvalue weighted by atomic mass is 32.1. The minimum atomic E-state index is 0.554. The number of aliphatic imine (C=N–C) groups is 2. The Bertz CT molecular complexity index is 783. The monoisotopic (exact) mass is 364 g/mol. The molecule has 2 aromatic rings. The van der Waals surface area contributed by atoms with Crippen molar-refractivity contribution in [2.75, 3.05) is 36.8 Å². The van der Waals surface area contributed by atoms with Gasteiger partial charge < -0.3 is 21.3 Å². The van der Waals surface area contributed by atoms with Gasteiger partial charge in [-0.05, 0) is 60.7 Å². The van der Waals surface area contributed by atoms with Crippen LogP contribution in [0.1, 0.15) is 11.1 Å². The van der Waals surface area contributed by atoms with Gasteiger partial charge in [-0.15, -0.1) is 0 Å². The van der Waals surface area contributed by atoms with E-state index in [1.807, 2.05) is 48.5 Å². The quantitative estimate of drug-likeness (QED) is 0.626. The lowest BCUT2D eigenvalue weighted by Gasteiger charge is -2.12. The van der Waals surface area contributed by atoms with Crippen molar-refractivity contribution in [2.24, 2.45) is 9.98 Å². The van der Waals surface area contributed by atoms with Crippen molar-refractivity contribution in [1.82, 2.24) is 10.6 Å². The average Bonchev–Trinajstić information content (AvgIpc) is 3.37. The molecule has 2 aliphatic heterocycles. The summed E-state index contributed by atoms with van der Waals surface area (Å²) < 4.78 is 0. The Kier molecular flexibility index (Phi) is 4.79. The third-order valence-corrected chi connectivity index (χ3v) is 4.38. The number of benzene rings is 2. The molecule has 4 N–H and O–H groups in total. The predicted octanol–water partition coefficient (Wildman–Crippen LogP) is 2.20. The zero-order chi connectivity index (χ0) is 17.8. The normalized spacial score (nSPS) is 15.5. The molecule has 0 unspecified atom stereocenters. The van der Waals surface area contributed by atoms with E-state index in [0.29, 0.717) is 5.11 Å². The largest absolute Gasteiger partial charge is 0.368 e. The van der Waals surface area contributed by atoms with Crippen LogP contribution in [0.3, 0.4) is 0 Å². The first-order valence-corrected chi connectivity index (χ1v) is 9.04. The SMILES string of the molecule is S=C(Nc1ccc(C2=NCCN2)cc1)Nc1ccc(C2=NCCN2)cc1. The van der Waals surface area contributed by atoms with Gasteiger partial charge in [-0.2, -0.15) is 0 Å². The van der Waals surface area contributed by atoms with E-state index in [2.05, 4.69) is 31.3 Å². The summed E-state index contributed by atoms with van der Waals surface area (Å²) in [5.74, 6) is 1.91. The first-order valence-electron chi connectivity index (χ1n) is 8.63. The number of hydrogen-bond donors (Lipinski definition) is 4. The van der Waals surface area contributed by atoms with Crippen molar-refractivity contribution in [3.63, 3.8) is 0 Å². The van der Waals surface area contributed by atoms with Crippen LogP contribution >= 0.6 is 12.2 Å². The molecule has 132 valence electrons. The smallest absolute Gasteiger partial charge is 0.175 e. The fourth-order valence-electron chi connectivity index (χ4n) is 2.90. The number of thiocarbonyl (C=S) groups is 1. The van der Waals surface area contributed by atoms with E-state index in [1.54, 1.807) is 0 Å². The summed E-state index contributed by atoms with van der Waals surface area (Å²) in [6.07, 6.45) is 0. The van der Waals surface area contributed by atoms with Gasteiger partial charge in [-0.1, -0.05) is 0 Å². The van der Waals surface area contributed by atoms with Crippen LogP contribution in [0.25, 0.3) is 0 Å². The van der Waals surface area contributed by atoms with Crippen LogP contribution in [-0.2, 0) is 0 Å². The van der Waals surface area contributed by atoms with E-state index in [4.69, 9.17) is 12.2 Å². The van der Waals surface area contributed by atoms with E-state index in [1.165, 1.54) is 0 Å². The predicted molar refractivity (Wildman–Crippen MR) is 112 cm³/mol. The van der Waals surface area contributed by atoms with Crippen LogP contribution in [0.5, 0.6) is 0 Å². The first kappa shape index (κ1) is 16.5. The van der Waals surface area contributed by atoms with Crippen molar-refractivity contribution in [3.05, 3.63) is 59.7 Å². The number of nitrogens with zero attached hydrogens (tertiary/aromatic N) is 2. The topological polar surface area (TPSA) is 72.8 Å².